The molecule has 0 spiro atoms. The van der Waals surface area contributed by atoms with Gasteiger partial charge in [0.15, 0.2) is 9.84 Å². The Morgan fingerprint density at radius 3 is 2.25 bits per heavy atom. The zero-order valence-electron chi connectivity index (χ0n) is 9.18. The van der Waals surface area contributed by atoms with Crippen molar-refractivity contribution in [3.63, 3.8) is 0 Å². The number of nitrogens with one attached hydrogen (secondary N) is 1. The molecule has 1 saturated carbocycles. The van der Waals surface area contributed by atoms with Gasteiger partial charge in [0.05, 0.1) is 4.90 Å². The van der Waals surface area contributed by atoms with Gasteiger partial charge in [-0.2, -0.15) is 0 Å². The van der Waals surface area contributed by atoms with Crippen LogP contribution in [0.4, 0.5) is 0 Å². The van der Waals surface area contributed by atoms with E-state index >= 15 is 0 Å². The molecule has 1 fully saturated rings. The van der Waals surface area contributed by atoms with E-state index < -0.39 is 9.84 Å². The Labute approximate surface area is 95.7 Å². The summed E-state index contributed by atoms with van der Waals surface area (Å²) >= 11 is 0. The van der Waals surface area contributed by atoms with Gasteiger partial charge in [0.25, 0.3) is 0 Å². The smallest absolute Gasteiger partial charge is 0.175 e. The molecule has 1 aliphatic rings. The van der Waals surface area contributed by atoms with Gasteiger partial charge in [-0.15, -0.1) is 0 Å². The van der Waals surface area contributed by atoms with Gasteiger partial charge in [0.1, 0.15) is 0 Å². The van der Waals surface area contributed by atoms with Crippen LogP contribution >= 0.6 is 0 Å². The predicted octanol–water partition coefficient (Wildman–Crippen LogP) is 1.00. The van der Waals surface area contributed by atoms with Gasteiger partial charge in [-0.3, -0.25) is 11.3 Å². The highest BCUT2D eigenvalue weighted by Gasteiger charge is 2.31. The normalized spacial score (nSPS) is 18.4. The Bertz CT molecular complexity index is 463. The first-order valence-electron chi connectivity index (χ1n) is 5.28. The largest absolute Gasteiger partial charge is 0.271 e. The van der Waals surface area contributed by atoms with Gasteiger partial charge in [-0.05, 0) is 36.5 Å². The van der Waals surface area contributed by atoms with E-state index in [0.717, 1.165) is 5.56 Å². The Hall–Kier alpha value is -0.910. The third kappa shape index (κ3) is 2.42. The van der Waals surface area contributed by atoms with Crippen LogP contribution in [0.5, 0.6) is 0 Å². The van der Waals surface area contributed by atoms with Gasteiger partial charge in [0.2, 0.25) is 0 Å². The Balaban J connectivity index is 2.24. The molecule has 88 valence electrons. The van der Waals surface area contributed by atoms with E-state index in [-0.39, 0.29) is 6.04 Å². The highest BCUT2D eigenvalue weighted by molar-refractivity contribution is 7.90. The summed E-state index contributed by atoms with van der Waals surface area (Å²) in [4.78, 5) is 0.350. The summed E-state index contributed by atoms with van der Waals surface area (Å²) in [5.41, 5.74) is 3.84. The number of nitrogens with two attached hydrogens (primary N) is 1. The monoisotopic (exact) mass is 240 g/mol. The summed E-state index contributed by atoms with van der Waals surface area (Å²) in [6.07, 6.45) is 3.58. The number of rotatable bonds is 4. The summed E-state index contributed by atoms with van der Waals surface area (Å²) < 4.78 is 22.6. The van der Waals surface area contributed by atoms with Crippen molar-refractivity contribution in [2.45, 2.75) is 23.8 Å². The van der Waals surface area contributed by atoms with Gasteiger partial charge in [0, 0.05) is 12.3 Å². The molecule has 2 rings (SSSR count). The maximum absolute atomic E-state index is 11.3. The number of sulfone groups is 1. The molecular weight excluding hydrogens is 224 g/mol. The second kappa shape index (κ2) is 4.16. The molecular formula is C11H16N2O2S. The van der Waals surface area contributed by atoms with Crippen molar-refractivity contribution in [1.82, 2.24) is 5.43 Å². The van der Waals surface area contributed by atoms with Gasteiger partial charge in [-0.25, -0.2) is 8.42 Å². The number of hydrogen-bond donors (Lipinski definition) is 2. The first kappa shape index (κ1) is 11.6. The maximum atomic E-state index is 11.3. The fraction of sp³-hybridized carbons (Fsp3) is 0.455. The molecule has 1 aromatic carbocycles. The van der Waals surface area contributed by atoms with Crippen LogP contribution < -0.4 is 11.3 Å². The minimum absolute atomic E-state index is 0.147. The molecule has 1 atom stereocenters. The Morgan fingerprint density at radius 2 is 1.88 bits per heavy atom. The third-order valence-electron chi connectivity index (χ3n) is 2.94. The standard InChI is InChI=1S/C11H16N2O2S/c1-16(14,15)10-6-4-9(5-7-10)11(13-12)8-2-3-8/h4-8,11,13H,2-3,12H2,1H3. The van der Waals surface area contributed by atoms with E-state index in [1.165, 1.54) is 19.1 Å². The minimum atomic E-state index is -3.11. The second-order valence-electron chi connectivity index (χ2n) is 4.32. The summed E-state index contributed by atoms with van der Waals surface area (Å²) in [6, 6.07) is 7.08. The molecule has 1 aliphatic carbocycles. The van der Waals surface area contributed by atoms with Crippen molar-refractivity contribution >= 4 is 9.84 Å². The molecule has 0 aromatic heterocycles. The van der Waals surface area contributed by atoms with Gasteiger partial charge >= 0.3 is 0 Å². The van der Waals surface area contributed by atoms with Crippen LogP contribution in [0.1, 0.15) is 24.4 Å². The second-order valence-corrected chi connectivity index (χ2v) is 6.34. The molecule has 3 N–H and O–H groups in total. The maximum Gasteiger partial charge on any atom is 0.175 e. The lowest BCUT2D eigenvalue weighted by molar-refractivity contribution is 0.496. The lowest BCUT2D eigenvalue weighted by Crippen LogP contribution is -2.29. The number of hydrazine groups is 1. The van der Waals surface area contributed by atoms with Crippen molar-refractivity contribution in [2.24, 2.45) is 11.8 Å². The van der Waals surface area contributed by atoms with E-state index in [1.807, 2.05) is 12.1 Å². The van der Waals surface area contributed by atoms with Gasteiger partial charge in [-0.1, -0.05) is 12.1 Å². The first-order chi connectivity index (χ1) is 7.52. The molecule has 1 aromatic rings. The van der Waals surface area contributed by atoms with Crippen LogP contribution in [0.15, 0.2) is 29.2 Å². The molecule has 0 heterocycles. The number of benzene rings is 1. The van der Waals surface area contributed by atoms with Crippen LogP contribution in [-0.4, -0.2) is 14.7 Å². The average molecular weight is 240 g/mol. The molecule has 0 amide bonds. The number of hydrogen-bond acceptors (Lipinski definition) is 4. The first-order valence-corrected chi connectivity index (χ1v) is 7.17. The molecule has 0 aliphatic heterocycles. The Morgan fingerprint density at radius 1 is 1.31 bits per heavy atom. The lowest BCUT2D eigenvalue weighted by Gasteiger charge is -2.15. The van der Waals surface area contributed by atoms with Crippen molar-refractivity contribution in [3.05, 3.63) is 29.8 Å². The lowest BCUT2D eigenvalue weighted by atomic mass is 10.0. The van der Waals surface area contributed by atoms with Gasteiger partial charge < -0.3 is 0 Å². The third-order valence-corrected chi connectivity index (χ3v) is 4.07. The quantitative estimate of drug-likeness (QED) is 0.608. The summed E-state index contributed by atoms with van der Waals surface area (Å²) in [5, 5.41) is 0. The zero-order valence-corrected chi connectivity index (χ0v) is 10.00. The fourth-order valence-electron chi connectivity index (χ4n) is 1.86. The van der Waals surface area contributed by atoms with Crippen molar-refractivity contribution < 1.29 is 8.42 Å². The topological polar surface area (TPSA) is 72.2 Å². The molecule has 0 saturated heterocycles. The summed E-state index contributed by atoms with van der Waals surface area (Å²) in [5.74, 6) is 6.09. The zero-order chi connectivity index (χ0) is 11.8. The minimum Gasteiger partial charge on any atom is -0.271 e. The molecule has 5 heteroatoms. The van der Waals surface area contributed by atoms with Crippen LogP contribution in [0.25, 0.3) is 0 Å². The summed E-state index contributed by atoms with van der Waals surface area (Å²) in [6.45, 7) is 0. The van der Waals surface area contributed by atoms with E-state index in [4.69, 9.17) is 5.84 Å². The van der Waals surface area contributed by atoms with Crippen LogP contribution in [-0.2, 0) is 9.84 Å². The summed E-state index contributed by atoms with van der Waals surface area (Å²) in [7, 11) is -3.11. The highest BCUT2D eigenvalue weighted by Crippen LogP contribution is 2.40. The van der Waals surface area contributed by atoms with Crippen molar-refractivity contribution in [1.29, 1.82) is 0 Å². The van der Waals surface area contributed by atoms with Crippen molar-refractivity contribution in [2.75, 3.05) is 6.26 Å². The fourth-order valence-corrected chi connectivity index (χ4v) is 2.49. The van der Waals surface area contributed by atoms with E-state index in [1.54, 1.807) is 12.1 Å². The average Bonchev–Trinajstić information content (AvgIpc) is 3.03. The predicted molar refractivity (Wildman–Crippen MR) is 62.3 cm³/mol. The van der Waals surface area contributed by atoms with E-state index in [2.05, 4.69) is 5.43 Å². The van der Waals surface area contributed by atoms with Crippen LogP contribution in [0, 0.1) is 5.92 Å². The molecule has 4 nitrogen and oxygen atoms in total. The van der Waals surface area contributed by atoms with E-state index in [0.29, 0.717) is 10.8 Å². The van der Waals surface area contributed by atoms with E-state index in [9.17, 15) is 8.42 Å². The SMILES string of the molecule is CS(=O)(=O)c1ccc(C(NN)C2CC2)cc1. The highest BCUT2D eigenvalue weighted by atomic mass is 32.2. The molecule has 0 radical (unpaired) electrons. The molecule has 16 heavy (non-hydrogen) atoms. The Kier molecular flexibility index (Phi) is 3.01. The molecule has 0 bridgehead atoms. The molecule has 1 unspecified atom stereocenters. The van der Waals surface area contributed by atoms with Crippen LogP contribution in [0.3, 0.4) is 0 Å². The van der Waals surface area contributed by atoms with Crippen LogP contribution in [0.2, 0.25) is 0 Å². The van der Waals surface area contributed by atoms with Crippen molar-refractivity contribution in [3.8, 4) is 0 Å².